The molecule has 0 radical (unpaired) electrons. The predicted molar refractivity (Wildman–Crippen MR) is 57.8 cm³/mol. The molecular formula is C11H25NO. The Balaban J connectivity index is 0.000000424. The standard InChI is InChI=1S/C8H17NO.C3H8/c1-3-7(2)6-8-9-4-5-10-8;1-3-2/h7-9H,3-6H2,1-2H3;3H2,1-2H3. The number of hydrogen-bond acceptors (Lipinski definition) is 2. The Morgan fingerprint density at radius 1 is 1.38 bits per heavy atom. The van der Waals surface area contributed by atoms with Gasteiger partial charge in [-0.05, 0) is 12.3 Å². The van der Waals surface area contributed by atoms with E-state index in [0.29, 0.717) is 6.23 Å². The van der Waals surface area contributed by atoms with Gasteiger partial charge in [0.25, 0.3) is 0 Å². The average Bonchev–Trinajstić information content (AvgIpc) is 2.58. The van der Waals surface area contributed by atoms with Crippen molar-refractivity contribution in [2.24, 2.45) is 5.92 Å². The molecule has 80 valence electrons. The van der Waals surface area contributed by atoms with Crippen LogP contribution >= 0.6 is 0 Å². The molecule has 0 aromatic rings. The van der Waals surface area contributed by atoms with Crippen molar-refractivity contribution in [3.63, 3.8) is 0 Å². The van der Waals surface area contributed by atoms with Crippen molar-refractivity contribution in [3.8, 4) is 0 Å². The molecule has 1 saturated heterocycles. The predicted octanol–water partition coefficient (Wildman–Crippen LogP) is 2.78. The lowest BCUT2D eigenvalue weighted by atomic mass is 10.0. The third-order valence-electron chi connectivity index (χ3n) is 2.11. The van der Waals surface area contributed by atoms with Gasteiger partial charge >= 0.3 is 0 Å². The van der Waals surface area contributed by atoms with Crippen LogP contribution in [0.2, 0.25) is 0 Å². The maximum atomic E-state index is 5.41. The summed E-state index contributed by atoms with van der Waals surface area (Å²) in [6.45, 7) is 10.7. The lowest BCUT2D eigenvalue weighted by molar-refractivity contribution is 0.0813. The highest BCUT2D eigenvalue weighted by Crippen LogP contribution is 2.12. The maximum Gasteiger partial charge on any atom is 0.108 e. The van der Waals surface area contributed by atoms with E-state index in [2.05, 4.69) is 33.0 Å². The van der Waals surface area contributed by atoms with E-state index < -0.39 is 0 Å². The van der Waals surface area contributed by atoms with Crippen LogP contribution in [0.25, 0.3) is 0 Å². The molecule has 1 fully saturated rings. The summed E-state index contributed by atoms with van der Waals surface area (Å²) in [6, 6.07) is 0. The average molecular weight is 187 g/mol. The van der Waals surface area contributed by atoms with E-state index in [0.717, 1.165) is 25.5 Å². The first-order valence-electron chi connectivity index (χ1n) is 5.59. The molecule has 1 aliphatic heterocycles. The van der Waals surface area contributed by atoms with Crippen LogP contribution in [0.3, 0.4) is 0 Å². The van der Waals surface area contributed by atoms with Gasteiger partial charge in [0.05, 0.1) is 6.61 Å². The zero-order chi connectivity index (χ0) is 10.1. The largest absolute Gasteiger partial charge is 0.362 e. The fourth-order valence-corrected chi connectivity index (χ4v) is 1.16. The molecule has 0 spiro atoms. The minimum absolute atomic E-state index is 0.343. The van der Waals surface area contributed by atoms with Crippen LogP contribution in [-0.2, 0) is 4.74 Å². The lowest BCUT2D eigenvalue weighted by Crippen LogP contribution is -2.24. The van der Waals surface area contributed by atoms with Gasteiger partial charge in [-0.2, -0.15) is 0 Å². The second-order valence-corrected chi connectivity index (χ2v) is 3.77. The van der Waals surface area contributed by atoms with Crippen LogP contribution < -0.4 is 5.32 Å². The molecule has 0 aliphatic carbocycles. The van der Waals surface area contributed by atoms with Gasteiger partial charge in [0, 0.05) is 6.54 Å². The molecule has 1 aliphatic rings. The summed E-state index contributed by atoms with van der Waals surface area (Å²) in [4.78, 5) is 0. The van der Waals surface area contributed by atoms with Crippen molar-refractivity contribution in [1.29, 1.82) is 0 Å². The molecule has 0 bridgehead atoms. The second-order valence-electron chi connectivity index (χ2n) is 3.77. The van der Waals surface area contributed by atoms with Crippen LogP contribution in [0, 0.1) is 5.92 Å². The molecule has 1 heterocycles. The molecule has 13 heavy (non-hydrogen) atoms. The Kier molecular flexibility index (Phi) is 8.46. The topological polar surface area (TPSA) is 21.3 Å². The van der Waals surface area contributed by atoms with Gasteiger partial charge in [0.2, 0.25) is 0 Å². The van der Waals surface area contributed by atoms with E-state index in [-0.39, 0.29) is 0 Å². The van der Waals surface area contributed by atoms with Crippen molar-refractivity contribution >= 4 is 0 Å². The Morgan fingerprint density at radius 3 is 2.38 bits per heavy atom. The zero-order valence-electron chi connectivity index (χ0n) is 9.60. The van der Waals surface area contributed by atoms with Gasteiger partial charge < -0.3 is 4.74 Å². The van der Waals surface area contributed by atoms with Crippen LogP contribution in [0.4, 0.5) is 0 Å². The zero-order valence-corrected chi connectivity index (χ0v) is 9.60. The highest BCUT2D eigenvalue weighted by atomic mass is 16.5. The molecular weight excluding hydrogens is 162 g/mol. The molecule has 1 rings (SSSR count). The van der Waals surface area contributed by atoms with Crippen LogP contribution in [0.5, 0.6) is 0 Å². The van der Waals surface area contributed by atoms with Gasteiger partial charge in [-0.25, -0.2) is 0 Å². The summed E-state index contributed by atoms with van der Waals surface area (Å²) < 4.78 is 5.41. The summed E-state index contributed by atoms with van der Waals surface area (Å²) in [5.74, 6) is 0.788. The summed E-state index contributed by atoms with van der Waals surface area (Å²) in [5.41, 5.74) is 0. The SMILES string of the molecule is CCC.CCC(C)CC1NCCO1. The van der Waals surface area contributed by atoms with Crippen molar-refractivity contribution in [1.82, 2.24) is 5.32 Å². The quantitative estimate of drug-likeness (QED) is 0.733. The van der Waals surface area contributed by atoms with Gasteiger partial charge in [0.15, 0.2) is 0 Å². The Hall–Kier alpha value is -0.0800. The van der Waals surface area contributed by atoms with Crippen molar-refractivity contribution in [2.45, 2.75) is 53.2 Å². The highest BCUT2D eigenvalue weighted by molar-refractivity contribution is 4.65. The lowest BCUT2D eigenvalue weighted by Gasteiger charge is -2.13. The molecule has 1 N–H and O–H groups in total. The number of nitrogens with one attached hydrogen (secondary N) is 1. The van der Waals surface area contributed by atoms with E-state index in [4.69, 9.17) is 4.74 Å². The fourth-order valence-electron chi connectivity index (χ4n) is 1.16. The van der Waals surface area contributed by atoms with Crippen molar-refractivity contribution in [2.75, 3.05) is 13.2 Å². The van der Waals surface area contributed by atoms with Crippen LogP contribution in [-0.4, -0.2) is 19.4 Å². The Morgan fingerprint density at radius 2 is 2.00 bits per heavy atom. The molecule has 0 aromatic heterocycles. The first-order valence-corrected chi connectivity index (χ1v) is 5.59. The van der Waals surface area contributed by atoms with Gasteiger partial charge in [-0.3, -0.25) is 5.32 Å². The Bertz CT molecular complexity index is 100. The third-order valence-corrected chi connectivity index (χ3v) is 2.11. The van der Waals surface area contributed by atoms with Crippen molar-refractivity contribution < 1.29 is 4.74 Å². The van der Waals surface area contributed by atoms with E-state index in [1.807, 2.05) is 0 Å². The van der Waals surface area contributed by atoms with Crippen LogP contribution in [0.15, 0.2) is 0 Å². The summed E-state index contributed by atoms with van der Waals surface area (Å²) in [5, 5.41) is 3.30. The molecule has 0 aromatic carbocycles. The molecule has 0 amide bonds. The smallest absolute Gasteiger partial charge is 0.108 e. The molecule has 2 heteroatoms. The maximum absolute atomic E-state index is 5.41. The van der Waals surface area contributed by atoms with E-state index in [9.17, 15) is 0 Å². The third kappa shape index (κ3) is 7.03. The normalized spacial score (nSPS) is 23.5. The Labute approximate surface area is 83.1 Å². The summed E-state index contributed by atoms with van der Waals surface area (Å²) in [7, 11) is 0. The number of ether oxygens (including phenoxy) is 1. The number of rotatable bonds is 3. The molecule has 2 unspecified atom stereocenters. The van der Waals surface area contributed by atoms with Gasteiger partial charge in [0.1, 0.15) is 6.23 Å². The summed E-state index contributed by atoms with van der Waals surface area (Å²) >= 11 is 0. The van der Waals surface area contributed by atoms with Gasteiger partial charge in [-0.1, -0.05) is 40.5 Å². The monoisotopic (exact) mass is 187 g/mol. The van der Waals surface area contributed by atoms with Gasteiger partial charge in [-0.15, -0.1) is 0 Å². The molecule has 2 atom stereocenters. The fraction of sp³-hybridized carbons (Fsp3) is 1.00. The first-order chi connectivity index (χ1) is 6.24. The van der Waals surface area contributed by atoms with Crippen LogP contribution in [0.1, 0.15) is 47.0 Å². The molecule has 0 saturated carbocycles. The van der Waals surface area contributed by atoms with E-state index in [1.54, 1.807) is 0 Å². The van der Waals surface area contributed by atoms with E-state index >= 15 is 0 Å². The van der Waals surface area contributed by atoms with E-state index in [1.165, 1.54) is 12.8 Å². The highest BCUT2D eigenvalue weighted by Gasteiger charge is 2.15. The number of hydrogen-bond donors (Lipinski definition) is 1. The second kappa shape index (κ2) is 8.52. The minimum atomic E-state index is 0.343. The van der Waals surface area contributed by atoms with Crippen molar-refractivity contribution in [3.05, 3.63) is 0 Å². The molecule has 2 nitrogen and oxygen atoms in total. The minimum Gasteiger partial charge on any atom is -0.362 e. The first kappa shape index (κ1) is 12.9. The summed E-state index contributed by atoms with van der Waals surface area (Å²) in [6.07, 6.45) is 4.01.